The fraction of sp³-hybridized carbons (Fsp3) is 0.636. The number of carbonyl (C=O) groups is 12. The number of likely N-dealkylation sites (tertiary alicyclic amines) is 1. The van der Waals surface area contributed by atoms with E-state index in [0.717, 1.165) is 40.3 Å². The number of benzene rings is 2. The van der Waals surface area contributed by atoms with Gasteiger partial charge >= 0.3 is 6.18 Å². The first-order valence-corrected chi connectivity index (χ1v) is 37.3. The molecule has 0 spiro atoms. The highest BCUT2D eigenvalue weighted by Crippen LogP contribution is 2.38. The van der Waals surface area contributed by atoms with Gasteiger partial charge in [-0.3, -0.25) is 57.5 Å². The number of likely N-dealkylation sites (N-methyl/N-ethyl adjacent to an activating group) is 6. The summed E-state index contributed by atoms with van der Waals surface area (Å²) in [6.07, 6.45) is 3.41. The summed E-state index contributed by atoms with van der Waals surface area (Å²) >= 11 is 6.18. The fourth-order valence-corrected chi connectivity index (χ4v) is 14.4. The van der Waals surface area contributed by atoms with Crippen molar-refractivity contribution in [1.82, 2.24) is 60.5 Å². The molecule has 12 amide bonds. The molecule has 3 aliphatic rings. The average molecular weight is 1510 g/mol. The van der Waals surface area contributed by atoms with Crippen molar-refractivity contribution >= 4 is 82.5 Å². The number of carbonyl (C=O) groups excluding carboxylic acids is 12. The maximum absolute atomic E-state index is 15.5. The summed E-state index contributed by atoms with van der Waals surface area (Å²) in [6, 6.07) is 1.55. The summed E-state index contributed by atoms with van der Waals surface area (Å²) in [6.45, 7) is 15.3. The second kappa shape index (κ2) is 41.1. The lowest BCUT2D eigenvalue weighted by molar-refractivity contribution is -0.155. The predicted molar refractivity (Wildman–Crippen MR) is 397 cm³/mol. The van der Waals surface area contributed by atoms with Crippen LogP contribution in [0.4, 0.5) is 13.2 Å². The third-order valence-corrected chi connectivity index (χ3v) is 21.1. The zero-order valence-corrected chi connectivity index (χ0v) is 65.0. The van der Waals surface area contributed by atoms with Crippen LogP contribution in [0.3, 0.4) is 0 Å². The van der Waals surface area contributed by atoms with E-state index in [-0.39, 0.29) is 107 Å². The van der Waals surface area contributed by atoms with E-state index >= 15 is 24.0 Å². The van der Waals surface area contributed by atoms with Crippen LogP contribution in [0.5, 0.6) is 0 Å². The molecule has 1 aliphatic heterocycles. The van der Waals surface area contributed by atoms with Crippen LogP contribution in [0.15, 0.2) is 67.8 Å². The number of amides is 12. The molecule has 2 aliphatic carbocycles. The molecule has 106 heavy (non-hydrogen) atoms. The van der Waals surface area contributed by atoms with E-state index in [9.17, 15) is 46.7 Å². The Morgan fingerprint density at radius 1 is 0.708 bits per heavy atom. The molecular formula is C77H114ClF3N12O13. The Morgan fingerprint density at radius 2 is 1.34 bits per heavy atom. The molecule has 0 bridgehead atoms. The third kappa shape index (κ3) is 24.1. The molecule has 588 valence electrons. The minimum absolute atomic E-state index is 0.00361. The van der Waals surface area contributed by atoms with Crippen LogP contribution >= 0.6 is 11.6 Å². The Bertz CT molecular complexity index is 3420. The van der Waals surface area contributed by atoms with Crippen LogP contribution in [0.1, 0.15) is 153 Å². The van der Waals surface area contributed by atoms with Crippen LogP contribution in [-0.2, 0) is 81.3 Å². The first kappa shape index (κ1) is 88.2. The van der Waals surface area contributed by atoms with Gasteiger partial charge in [-0.2, -0.15) is 13.2 Å². The Labute approximate surface area is 628 Å². The molecule has 25 nitrogen and oxygen atoms in total. The van der Waals surface area contributed by atoms with Crippen molar-refractivity contribution in [3.8, 4) is 0 Å². The van der Waals surface area contributed by atoms with Gasteiger partial charge in [0.05, 0.1) is 43.3 Å². The standard InChI is InChI=1S/C77H114ClF3N12O13/c1-16-19-40-93(72(102)61(48-106-42-17-2)89(13)65(97)47-88(12)73(103)66(51(7)18-3)84-62(94)37-28-49(4)5)60(44-53-31-29-50(6)30-32-53)71(101)87(11)46-64(96)83-57(36-34-52-33-35-55(56(78)43-52)77(79,80)81)69(99)92-41-24-27-58(92)68(98)85-76(38-22-23-39-76)75(105)91(15)67(54-25-20-21-26-54)74(104)90(14)59(45-63(95)82-8)70(100)86(9)10/h16-17,29-33,35,43,49,51,54,57-61,66-67H,1-2,18-28,34,36-42,44-48H2,3-15H3,(H,82,95)(H,83,96)(H,84,94)(H,85,98)/t51-,57-,58-,59-,60-,61-,66-,67-/m0/s1. The van der Waals surface area contributed by atoms with E-state index in [0.29, 0.717) is 50.5 Å². The Hall–Kier alpha value is -8.40. The van der Waals surface area contributed by atoms with E-state index in [4.69, 9.17) is 16.3 Å². The monoisotopic (exact) mass is 1510 g/mol. The van der Waals surface area contributed by atoms with E-state index < -0.39 is 149 Å². The Morgan fingerprint density at radius 3 is 1.92 bits per heavy atom. The van der Waals surface area contributed by atoms with Crippen molar-refractivity contribution in [2.75, 3.05) is 95.8 Å². The molecule has 2 saturated carbocycles. The van der Waals surface area contributed by atoms with E-state index in [1.54, 1.807) is 12.1 Å². The zero-order valence-electron chi connectivity index (χ0n) is 64.3. The Kier molecular flexibility index (Phi) is 34.2. The van der Waals surface area contributed by atoms with E-state index in [1.807, 2.05) is 46.8 Å². The van der Waals surface area contributed by atoms with Crippen LogP contribution in [0.25, 0.3) is 0 Å². The average Bonchev–Trinajstić information content (AvgIpc) is 1.47. The molecule has 1 heterocycles. The number of nitrogens with zero attached hydrogens (tertiary/aromatic N) is 8. The Balaban J connectivity index is 1.48. The number of hydrogen-bond acceptors (Lipinski definition) is 13. The van der Waals surface area contributed by atoms with Crippen molar-refractivity contribution in [2.24, 2.45) is 17.8 Å². The molecule has 2 aromatic carbocycles. The summed E-state index contributed by atoms with van der Waals surface area (Å²) in [5, 5.41) is 10.6. The van der Waals surface area contributed by atoms with Crippen LogP contribution < -0.4 is 21.3 Å². The molecule has 0 unspecified atom stereocenters. The summed E-state index contributed by atoms with van der Waals surface area (Å²) in [5.41, 5.74) is -0.874. The summed E-state index contributed by atoms with van der Waals surface area (Å²) < 4.78 is 47.7. The molecule has 8 atom stereocenters. The van der Waals surface area contributed by atoms with Gasteiger partial charge in [0.25, 0.3) is 0 Å². The van der Waals surface area contributed by atoms with Crippen molar-refractivity contribution < 1.29 is 75.4 Å². The molecule has 5 rings (SSSR count). The van der Waals surface area contributed by atoms with Gasteiger partial charge in [-0.25, -0.2) is 0 Å². The van der Waals surface area contributed by atoms with Gasteiger partial charge in [0.2, 0.25) is 70.9 Å². The third-order valence-electron chi connectivity index (χ3n) is 20.8. The molecule has 2 aromatic rings. The first-order valence-electron chi connectivity index (χ1n) is 36.9. The van der Waals surface area contributed by atoms with Gasteiger partial charge < -0.3 is 65.2 Å². The molecule has 0 radical (unpaired) electrons. The lowest BCUT2D eigenvalue weighted by atomic mass is 9.90. The highest BCUT2D eigenvalue weighted by molar-refractivity contribution is 6.31. The lowest BCUT2D eigenvalue weighted by Gasteiger charge is -2.41. The van der Waals surface area contributed by atoms with Crippen molar-refractivity contribution in [1.29, 1.82) is 0 Å². The molecule has 0 aromatic heterocycles. The second-order valence-electron chi connectivity index (χ2n) is 29.3. The van der Waals surface area contributed by atoms with Crippen LogP contribution in [0.2, 0.25) is 5.02 Å². The first-order chi connectivity index (χ1) is 50.0. The molecular weight excluding hydrogens is 1390 g/mol. The highest BCUT2D eigenvalue weighted by atomic mass is 35.5. The number of aryl methyl sites for hydroxylation is 2. The van der Waals surface area contributed by atoms with Crippen molar-refractivity contribution in [2.45, 2.75) is 204 Å². The smallest absolute Gasteiger partial charge is 0.375 e. The quantitative estimate of drug-likeness (QED) is 0.0411. The maximum Gasteiger partial charge on any atom is 0.417 e. The topological polar surface area (TPSA) is 288 Å². The van der Waals surface area contributed by atoms with Crippen molar-refractivity contribution in [3.05, 3.63) is 95.1 Å². The van der Waals surface area contributed by atoms with Gasteiger partial charge in [0.15, 0.2) is 0 Å². The predicted octanol–water partition coefficient (Wildman–Crippen LogP) is 6.50. The summed E-state index contributed by atoms with van der Waals surface area (Å²) in [5.74, 6) is -7.80. The van der Waals surface area contributed by atoms with Crippen LogP contribution in [-0.4, -0.2) is 254 Å². The van der Waals surface area contributed by atoms with Crippen LogP contribution in [0, 0.1) is 24.7 Å². The number of alkyl halides is 3. The molecule has 4 N–H and O–H groups in total. The molecule has 3 fully saturated rings. The largest absolute Gasteiger partial charge is 0.417 e. The molecule has 29 heteroatoms. The molecule has 1 saturated heterocycles. The normalized spacial score (nSPS) is 16.9. The van der Waals surface area contributed by atoms with Gasteiger partial charge in [0.1, 0.15) is 47.8 Å². The van der Waals surface area contributed by atoms with Gasteiger partial charge in [-0.1, -0.05) is 119 Å². The lowest BCUT2D eigenvalue weighted by Crippen LogP contribution is -2.65. The van der Waals surface area contributed by atoms with E-state index in [2.05, 4.69) is 34.4 Å². The zero-order chi connectivity index (χ0) is 79.1. The number of ether oxygens (including phenoxy) is 1. The minimum Gasteiger partial charge on any atom is -0.375 e. The number of hydrogen-bond donors (Lipinski definition) is 4. The SMILES string of the molecule is C=CCCN(C(=O)[C@H](COCC=C)N(C)C(=O)CN(C)C(=O)[C@@H](NC(=O)CCC(C)C)[C@@H](C)CC)[C@@H](Cc1ccc(C)cc1)C(=O)N(C)CC(=O)N[C@@H](CCc1ccc(C(F)(F)F)c(Cl)c1)C(=O)N1CCC[C@H]1C(=O)NC1(C(=O)N(C)[C@H](C(=O)N(C)[C@@H](CC(=O)NC)C(=O)N(C)C)C2CCCC2)CCCC1. The number of halogens is 4. The van der Waals surface area contributed by atoms with E-state index in [1.165, 1.54) is 104 Å². The highest BCUT2D eigenvalue weighted by Gasteiger charge is 2.51. The second-order valence-corrected chi connectivity index (χ2v) is 29.7. The van der Waals surface area contributed by atoms with Crippen molar-refractivity contribution in [3.63, 3.8) is 0 Å². The van der Waals surface area contributed by atoms with Gasteiger partial charge in [-0.05, 0) is 112 Å². The van der Waals surface area contributed by atoms with Gasteiger partial charge in [-0.15, -0.1) is 13.2 Å². The minimum atomic E-state index is -4.79. The fourth-order valence-electron chi connectivity index (χ4n) is 14.1. The van der Waals surface area contributed by atoms with Gasteiger partial charge in [0, 0.05) is 82.3 Å². The summed E-state index contributed by atoms with van der Waals surface area (Å²) in [4.78, 5) is 184. The number of rotatable bonds is 39. The maximum atomic E-state index is 15.5. The summed E-state index contributed by atoms with van der Waals surface area (Å²) in [7, 11) is 11.5. The number of nitrogens with one attached hydrogen (secondary N) is 4.